The Morgan fingerprint density at radius 2 is 1.92 bits per heavy atom. The SMILES string of the molecule is O=C(Nc1ccnn1Cc1ccc(Cl)cc1Cl)c1cc(F)ccc1F. The Labute approximate surface area is 152 Å². The van der Waals surface area contributed by atoms with E-state index < -0.39 is 23.1 Å². The number of hydrogen-bond acceptors (Lipinski definition) is 2. The number of halogens is 4. The average molecular weight is 382 g/mol. The number of aromatic nitrogens is 2. The zero-order valence-electron chi connectivity index (χ0n) is 12.6. The van der Waals surface area contributed by atoms with E-state index in [1.165, 1.54) is 10.9 Å². The van der Waals surface area contributed by atoms with E-state index >= 15 is 0 Å². The summed E-state index contributed by atoms with van der Waals surface area (Å²) in [7, 11) is 0. The molecule has 1 heterocycles. The first-order valence-electron chi connectivity index (χ1n) is 7.16. The molecule has 0 unspecified atom stereocenters. The van der Waals surface area contributed by atoms with Gasteiger partial charge in [0.25, 0.3) is 5.91 Å². The van der Waals surface area contributed by atoms with Crippen molar-refractivity contribution in [2.24, 2.45) is 0 Å². The molecule has 128 valence electrons. The predicted molar refractivity (Wildman–Crippen MR) is 92.1 cm³/mol. The van der Waals surface area contributed by atoms with Crippen molar-refractivity contribution in [3.63, 3.8) is 0 Å². The minimum Gasteiger partial charge on any atom is -0.307 e. The Morgan fingerprint density at radius 3 is 2.68 bits per heavy atom. The van der Waals surface area contributed by atoms with Gasteiger partial charge >= 0.3 is 0 Å². The van der Waals surface area contributed by atoms with Crippen molar-refractivity contribution >= 4 is 34.9 Å². The topological polar surface area (TPSA) is 46.9 Å². The number of benzene rings is 2. The highest BCUT2D eigenvalue weighted by Gasteiger charge is 2.15. The molecule has 0 radical (unpaired) electrons. The second-order valence-corrected chi connectivity index (χ2v) is 6.03. The van der Waals surface area contributed by atoms with Gasteiger partial charge in [0.1, 0.15) is 17.5 Å². The van der Waals surface area contributed by atoms with Crippen LogP contribution in [0.4, 0.5) is 14.6 Å². The molecule has 1 amide bonds. The summed E-state index contributed by atoms with van der Waals surface area (Å²) in [6, 6.07) is 9.24. The highest BCUT2D eigenvalue weighted by atomic mass is 35.5. The van der Waals surface area contributed by atoms with Crippen LogP contribution in [0.1, 0.15) is 15.9 Å². The van der Waals surface area contributed by atoms with Gasteiger partial charge in [-0.25, -0.2) is 13.5 Å². The molecule has 0 fully saturated rings. The minimum absolute atomic E-state index is 0.268. The van der Waals surface area contributed by atoms with Crippen molar-refractivity contribution in [3.8, 4) is 0 Å². The first-order valence-corrected chi connectivity index (χ1v) is 7.92. The van der Waals surface area contributed by atoms with Gasteiger partial charge in [-0.05, 0) is 35.9 Å². The van der Waals surface area contributed by atoms with Crippen molar-refractivity contribution in [3.05, 3.63) is 81.5 Å². The lowest BCUT2D eigenvalue weighted by Crippen LogP contribution is -2.17. The molecule has 8 heteroatoms. The smallest absolute Gasteiger partial charge is 0.259 e. The van der Waals surface area contributed by atoms with Crippen LogP contribution >= 0.6 is 23.2 Å². The molecule has 0 aliphatic carbocycles. The molecule has 4 nitrogen and oxygen atoms in total. The minimum atomic E-state index is -0.814. The van der Waals surface area contributed by atoms with Crippen LogP contribution in [0.2, 0.25) is 10.0 Å². The molecule has 0 saturated heterocycles. The zero-order valence-corrected chi connectivity index (χ0v) is 14.2. The average Bonchev–Trinajstić information content (AvgIpc) is 2.99. The Morgan fingerprint density at radius 1 is 1.12 bits per heavy atom. The predicted octanol–water partition coefficient (Wildman–Crippen LogP) is 4.77. The standard InChI is InChI=1S/C17H11Cl2F2N3O/c18-11-2-1-10(14(19)7-11)9-24-16(5-6-22-24)23-17(25)13-8-12(20)3-4-15(13)21/h1-8H,9H2,(H,23,25). The van der Waals surface area contributed by atoms with Crippen molar-refractivity contribution in [1.29, 1.82) is 0 Å². The summed E-state index contributed by atoms with van der Waals surface area (Å²) in [6.07, 6.45) is 1.47. The van der Waals surface area contributed by atoms with E-state index in [1.54, 1.807) is 24.3 Å². The molecule has 2 aromatic carbocycles. The highest BCUT2D eigenvalue weighted by molar-refractivity contribution is 6.35. The molecule has 0 atom stereocenters. The maximum Gasteiger partial charge on any atom is 0.259 e. The van der Waals surface area contributed by atoms with Crippen LogP contribution in [0, 0.1) is 11.6 Å². The lowest BCUT2D eigenvalue weighted by atomic mass is 10.2. The van der Waals surface area contributed by atoms with Crippen LogP contribution in [0.3, 0.4) is 0 Å². The molecule has 1 N–H and O–H groups in total. The van der Waals surface area contributed by atoms with Crippen LogP contribution in [0.5, 0.6) is 0 Å². The first kappa shape index (κ1) is 17.4. The highest BCUT2D eigenvalue weighted by Crippen LogP contribution is 2.23. The number of hydrogen-bond donors (Lipinski definition) is 1. The molecular formula is C17H11Cl2F2N3O. The maximum absolute atomic E-state index is 13.7. The van der Waals surface area contributed by atoms with Gasteiger partial charge in [0.2, 0.25) is 0 Å². The van der Waals surface area contributed by atoms with Crippen molar-refractivity contribution in [1.82, 2.24) is 9.78 Å². The van der Waals surface area contributed by atoms with Crippen LogP contribution < -0.4 is 5.32 Å². The van der Waals surface area contributed by atoms with Crippen molar-refractivity contribution in [2.75, 3.05) is 5.32 Å². The Balaban J connectivity index is 1.82. The number of rotatable bonds is 4. The number of nitrogens with zero attached hydrogens (tertiary/aromatic N) is 2. The molecule has 3 aromatic rings. The largest absolute Gasteiger partial charge is 0.307 e. The number of carbonyl (C=O) groups excluding carboxylic acids is 1. The summed E-state index contributed by atoms with van der Waals surface area (Å²) in [5.74, 6) is -1.97. The van der Waals surface area contributed by atoms with Gasteiger partial charge in [0.05, 0.1) is 18.3 Å². The van der Waals surface area contributed by atoms with Gasteiger partial charge in [-0.15, -0.1) is 0 Å². The third-order valence-corrected chi connectivity index (χ3v) is 4.05. The van der Waals surface area contributed by atoms with Gasteiger partial charge in [-0.2, -0.15) is 5.10 Å². The third kappa shape index (κ3) is 3.97. The summed E-state index contributed by atoms with van der Waals surface area (Å²) in [6.45, 7) is 0.268. The van der Waals surface area contributed by atoms with E-state index in [1.807, 2.05) is 0 Å². The second kappa shape index (κ2) is 7.21. The van der Waals surface area contributed by atoms with Gasteiger partial charge in [-0.3, -0.25) is 4.79 Å². The number of anilines is 1. The summed E-state index contributed by atoms with van der Waals surface area (Å²) >= 11 is 12.0. The van der Waals surface area contributed by atoms with Gasteiger partial charge < -0.3 is 5.32 Å². The zero-order chi connectivity index (χ0) is 18.0. The summed E-state index contributed by atoms with van der Waals surface area (Å²) < 4.78 is 28.4. The summed E-state index contributed by atoms with van der Waals surface area (Å²) in [5, 5.41) is 7.57. The van der Waals surface area contributed by atoms with Gasteiger partial charge in [-0.1, -0.05) is 29.3 Å². The molecule has 0 spiro atoms. The second-order valence-electron chi connectivity index (χ2n) is 5.19. The third-order valence-electron chi connectivity index (χ3n) is 3.47. The van der Waals surface area contributed by atoms with Crippen molar-refractivity contribution < 1.29 is 13.6 Å². The van der Waals surface area contributed by atoms with E-state index in [0.717, 1.165) is 23.8 Å². The maximum atomic E-state index is 13.7. The van der Waals surface area contributed by atoms with Crippen molar-refractivity contribution in [2.45, 2.75) is 6.54 Å². The van der Waals surface area contributed by atoms with E-state index in [4.69, 9.17) is 23.2 Å². The Bertz CT molecular complexity index is 943. The normalized spacial score (nSPS) is 10.7. The monoisotopic (exact) mass is 381 g/mol. The quantitative estimate of drug-likeness (QED) is 0.707. The number of nitrogens with one attached hydrogen (secondary N) is 1. The number of carbonyl (C=O) groups is 1. The molecule has 1 aromatic heterocycles. The summed E-state index contributed by atoms with van der Waals surface area (Å²) in [5.41, 5.74) is 0.347. The molecule has 0 aliphatic heterocycles. The lowest BCUT2D eigenvalue weighted by molar-refractivity contribution is 0.102. The molecule has 0 saturated carbocycles. The van der Waals surface area contributed by atoms with Crippen LogP contribution in [-0.4, -0.2) is 15.7 Å². The van der Waals surface area contributed by atoms with E-state index in [9.17, 15) is 13.6 Å². The van der Waals surface area contributed by atoms with Crippen LogP contribution in [-0.2, 0) is 6.54 Å². The molecule has 3 rings (SSSR count). The van der Waals surface area contributed by atoms with Crippen LogP contribution in [0.25, 0.3) is 0 Å². The molecular weight excluding hydrogens is 371 g/mol. The molecule has 0 bridgehead atoms. The van der Waals surface area contributed by atoms with Gasteiger partial charge in [0.15, 0.2) is 0 Å². The fourth-order valence-electron chi connectivity index (χ4n) is 2.23. The lowest BCUT2D eigenvalue weighted by Gasteiger charge is -2.11. The summed E-state index contributed by atoms with van der Waals surface area (Å²) in [4.78, 5) is 12.2. The van der Waals surface area contributed by atoms with Crippen LogP contribution in [0.15, 0.2) is 48.7 Å². The van der Waals surface area contributed by atoms with Gasteiger partial charge in [0, 0.05) is 16.1 Å². The fraction of sp³-hybridized carbons (Fsp3) is 0.0588. The number of amides is 1. The molecule has 0 aliphatic rings. The Hall–Kier alpha value is -2.44. The van der Waals surface area contributed by atoms with E-state index in [2.05, 4.69) is 10.4 Å². The molecule has 25 heavy (non-hydrogen) atoms. The van der Waals surface area contributed by atoms with E-state index in [0.29, 0.717) is 15.9 Å². The Kier molecular flexibility index (Phi) is 5.01. The van der Waals surface area contributed by atoms with E-state index in [-0.39, 0.29) is 6.54 Å². The first-order chi connectivity index (χ1) is 11.9. The fourth-order valence-corrected chi connectivity index (χ4v) is 2.70.